The summed E-state index contributed by atoms with van der Waals surface area (Å²) in [5.41, 5.74) is 5.03. The lowest BCUT2D eigenvalue weighted by atomic mass is 9.92. The summed E-state index contributed by atoms with van der Waals surface area (Å²) in [5.74, 6) is 0.951. The number of rotatable bonds is 7. The zero-order valence-corrected chi connectivity index (χ0v) is 14.2. The Labute approximate surface area is 138 Å². The Balaban J connectivity index is 1.57. The van der Waals surface area contributed by atoms with Crippen molar-refractivity contribution in [2.45, 2.75) is 71.1 Å². The van der Waals surface area contributed by atoms with Gasteiger partial charge in [-0.1, -0.05) is 5.57 Å². The molecule has 2 unspecified atom stereocenters. The van der Waals surface area contributed by atoms with Gasteiger partial charge in [-0.15, -0.1) is 0 Å². The number of allylic oxidation sites excluding steroid dienone is 3. The van der Waals surface area contributed by atoms with E-state index in [1.165, 1.54) is 31.3 Å². The third-order valence-electron chi connectivity index (χ3n) is 5.24. The van der Waals surface area contributed by atoms with E-state index in [-0.39, 0.29) is 5.78 Å². The monoisotopic (exact) mass is 318 g/mol. The van der Waals surface area contributed by atoms with Crippen molar-refractivity contribution in [1.29, 1.82) is 0 Å². The van der Waals surface area contributed by atoms with Crippen LogP contribution in [0.4, 0.5) is 4.39 Å². The maximum Gasteiger partial charge on any atom is 0.148 e. The molecule has 0 aromatic carbocycles. The predicted octanol–water partition coefficient (Wildman–Crippen LogP) is 4.86. The number of hydrogen-bond acceptors (Lipinski definition) is 2. The fourth-order valence-electron chi connectivity index (χ4n) is 3.71. The predicted molar refractivity (Wildman–Crippen MR) is 90.0 cm³/mol. The number of carbonyl (C=O) groups is 1. The van der Waals surface area contributed by atoms with Gasteiger partial charge in [0, 0.05) is 6.42 Å². The van der Waals surface area contributed by atoms with E-state index in [2.05, 4.69) is 0 Å². The third kappa shape index (κ3) is 4.20. The average Bonchev–Trinajstić information content (AvgIpc) is 3.25. The summed E-state index contributed by atoms with van der Waals surface area (Å²) in [4.78, 5) is 11.1. The second-order valence-corrected chi connectivity index (χ2v) is 7.22. The van der Waals surface area contributed by atoms with E-state index in [9.17, 15) is 9.18 Å². The number of ketones is 1. The smallest absolute Gasteiger partial charge is 0.148 e. The molecule has 0 radical (unpaired) electrons. The molecule has 0 heterocycles. The first-order valence-corrected chi connectivity index (χ1v) is 8.90. The van der Waals surface area contributed by atoms with Crippen LogP contribution in [0, 0.1) is 5.92 Å². The summed E-state index contributed by atoms with van der Waals surface area (Å²) in [5, 5.41) is 0. The van der Waals surface area contributed by atoms with E-state index in [0.717, 1.165) is 23.5 Å². The number of Topliss-reactive ketones (excluding diaryl/α,β-unsaturated/α-hetero) is 1. The minimum atomic E-state index is -1.10. The van der Waals surface area contributed by atoms with Crippen molar-refractivity contribution in [3.05, 3.63) is 34.4 Å². The van der Waals surface area contributed by atoms with Gasteiger partial charge < -0.3 is 9.53 Å². The first-order chi connectivity index (χ1) is 11.0. The molecule has 23 heavy (non-hydrogen) atoms. The van der Waals surface area contributed by atoms with Crippen molar-refractivity contribution in [1.82, 2.24) is 0 Å². The molecule has 0 bridgehead atoms. The van der Waals surface area contributed by atoms with Crippen LogP contribution in [0.2, 0.25) is 0 Å². The van der Waals surface area contributed by atoms with Crippen LogP contribution >= 0.6 is 0 Å². The number of carbonyl (C=O) groups excluding carboxylic acids is 1. The van der Waals surface area contributed by atoms with Gasteiger partial charge in [0.15, 0.2) is 0 Å². The molecule has 0 saturated heterocycles. The summed E-state index contributed by atoms with van der Waals surface area (Å²) >= 11 is 0. The van der Waals surface area contributed by atoms with E-state index in [4.69, 9.17) is 4.74 Å². The molecule has 1 fully saturated rings. The molecule has 0 spiro atoms. The maximum absolute atomic E-state index is 14.4. The van der Waals surface area contributed by atoms with Crippen molar-refractivity contribution < 1.29 is 13.9 Å². The average molecular weight is 318 g/mol. The Morgan fingerprint density at radius 1 is 1.30 bits per heavy atom. The molecule has 0 amide bonds. The topological polar surface area (TPSA) is 26.3 Å². The zero-order valence-electron chi connectivity index (χ0n) is 14.2. The molecule has 3 heteroatoms. The lowest BCUT2D eigenvalue weighted by Crippen LogP contribution is -2.26. The molecule has 1 saturated carbocycles. The molecule has 3 aliphatic carbocycles. The number of hydrogen-bond donors (Lipinski definition) is 0. The summed E-state index contributed by atoms with van der Waals surface area (Å²) in [7, 11) is 0. The van der Waals surface area contributed by atoms with Gasteiger partial charge in [-0.25, -0.2) is 4.39 Å². The first-order valence-electron chi connectivity index (χ1n) is 8.90. The van der Waals surface area contributed by atoms with Crippen molar-refractivity contribution in [3.8, 4) is 0 Å². The van der Waals surface area contributed by atoms with Gasteiger partial charge >= 0.3 is 0 Å². The molecule has 3 aliphatic rings. The second-order valence-electron chi connectivity index (χ2n) is 7.22. The molecular weight excluding hydrogens is 291 g/mol. The van der Waals surface area contributed by atoms with Crippen LogP contribution < -0.4 is 0 Å². The standard InChI is InChI=1S/C20H27FO2/c1-13-10-20(19(21)11-16(13)7-6-14(2)22)23-12-17-4-3-5-18(17)15-8-9-15/h10-11,15,19-20H,3-9,12H2,1-2H3. The highest BCUT2D eigenvalue weighted by atomic mass is 19.1. The van der Waals surface area contributed by atoms with E-state index < -0.39 is 12.3 Å². The van der Waals surface area contributed by atoms with Crippen molar-refractivity contribution in [2.24, 2.45) is 5.92 Å². The van der Waals surface area contributed by atoms with Crippen LogP contribution in [-0.2, 0) is 9.53 Å². The molecule has 2 atom stereocenters. The lowest BCUT2D eigenvalue weighted by molar-refractivity contribution is -0.116. The van der Waals surface area contributed by atoms with Gasteiger partial charge in [-0.3, -0.25) is 0 Å². The zero-order chi connectivity index (χ0) is 16.4. The second kappa shape index (κ2) is 7.12. The van der Waals surface area contributed by atoms with Crippen LogP contribution in [0.25, 0.3) is 0 Å². The number of ether oxygens (including phenoxy) is 1. The fourth-order valence-corrected chi connectivity index (χ4v) is 3.71. The molecular formula is C20H27FO2. The Morgan fingerprint density at radius 3 is 2.78 bits per heavy atom. The van der Waals surface area contributed by atoms with Gasteiger partial charge in [-0.05, 0) is 87.2 Å². The lowest BCUT2D eigenvalue weighted by Gasteiger charge is -2.24. The highest BCUT2D eigenvalue weighted by molar-refractivity contribution is 5.75. The Kier molecular flexibility index (Phi) is 5.15. The Hall–Kier alpha value is -1.22. The summed E-state index contributed by atoms with van der Waals surface area (Å²) < 4.78 is 20.3. The molecule has 0 aliphatic heterocycles. The third-order valence-corrected chi connectivity index (χ3v) is 5.24. The summed E-state index contributed by atoms with van der Waals surface area (Å²) in [6.45, 7) is 4.14. The molecule has 0 N–H and O–H groups in total. The van der Waals surface area contributed by atoms with E-state index in [1.54, 1.807) is 18.6 Å². The van der Waals surface area contributed by atoms with Crippen LogP contribution in [-0.4, -0.2) is 24.7 Å². The van der Waals surface area contributed by atoms with Gasteiger partial charge in [-0.2, -0.15) is 0 Å². The Bertz CT molecular complexity index is 566. The quantitative estimate of drug-likeness (QED) is 0.627. The molecule has 126 valence electrons. The number of alkyl halides is 1. The van der Waals surface area contributed by atoms with Gasteiger partial charge in [0.2, 0.25) is 0 Å². The van der Waals surface area contributed by atoms with E-state index >= 15 is 0 Å². The van der Waals surface area contributed by atoms with Crippen molar-refractivity contribution >= 4 is 5.78 Å². The van der Waals surface area contributed by atoms with Gasteiger partial charge in [0.05, 0.1) is 6.61 Å². The maximum atomic E-state index is 14.4. The number of halogens is 1. The van der Waals surface area contributed by atoms with Crippen LogP contribution in [0.5, 0.6) is 0 Å². The van der Waals surface area contributed by atoms with Crippen LogP contribution in [0.1, 0.15) is 58.8 Å². The SMILES string of the molecule is CC(=O)CCC1=CC(F)C(OCC2=C(C3CC3)CCC2)C=C1C. The Morgan fingerprint density at radius 2 is 2.09 bits per heavy atom. The molecule has 0 aromatic heterocycles. The van der Waals surface area contributed by atoms with Crippen molar-refractivity contribution in [2.75, 3.05) is 6.61 Å². The van der Waals surface area contributed by atoms with Gasteiger partial charge in [0.1, 0.15) is 18.1 Å². The highest BCUT2D eigenvalue weighted by Gasteiger charge is 2.31. The fraction of sp³-hybridized carbons (Fsp3) is 0.650. The minimum Gasteiger partial charge on any atom is -0.366 e. The minimum absolute atomic E-state index is 0.147. The first kappa shape index (κ1) is 16.6. The molecule has 2 nitrogen and oxygen atoms in total. The van der Waals surface area contributed by atoms with Crippen molar-refractivity contribution in [3.63, 3.8) is 0 Å². The van der Waals surface area contributed by atoms with Gasteiger partial charge in [0.25, 0.3) is 0 Å². The molecule has 0 aromatic rings. The van der Waals surface area contributed by atoms with Crippen LogP contribution in [0.3, 0.4) is 0 Å². The normalized spacial score (nSPS) is 28.0. The summed E-state index contributed by atoms with van der Waals surface area (Å²) in [6, 6.07) is 0. The van der Waals surface area contributed by atoms with E-state index in [1.807, 2.05) is 13.0 Å². The summed E-state index contributed by atoms with van der Waals surface area (Å²) in [6.07, 6.45) is 9.30. The highest BCUT2D eigenvalue weighted by Crippen LogP contribution is 2.44. The largest absolute Gasteiger partial charge is 0.366 e. The van der Waals surface area contributed by atoms with Crippen LogP contribution in [0.15, 0.2) is 34.4 Å². The molecule has 3 rings (SSSR count). The van der Waals surface area contributed by atoms with E-state index in [0.29, 0.717) is 19.4 Å².